The van der Waals surface area contributed by atoms with Crippen LogP contribution in [-0.4, -0.2) is 22.2 Å². The summed E-state index contributed by atoms with van der Waals surface area (Å²) in [5, 5.41) is 3.92. The Kier molecular flexibility index (Phi) is 5.24. The summed E-state index contributed by atoms with van der Waals surface area (Å²) in [6.07, 6.45) is 2.54. The molecule has 5 nitrogen and oxygen atoms in total. The zero-order valence-corrected chi connectivity index (χ0v) is 14.7. The van der Waals surface area contributed by atoms with Gasteiger partial charge in [-0.05, 0) is 50.0 Å². The Morgan fingerprint density at radius 2 is 1.91 bits per heavy atom. The molecule has 0 atom stereocenters. The molecule has 120 valence electrons. The number of fused-ring (bicyclic) bond motifs is 1. The fourth-order valence-corrected chi connectivity index (χ4v) is 3.14. The number of aromatic nitrogens is 2. The van der Waals surface area contributed by atoms with Gasteiger partial charge in [0.25, 0.3) is 5.56 Å². The van der Waals surface area contributed by atoms with Gasteiger partial charge in [0.05, 0.1) is 10.9 Å². The number of benzene rings is 1. The molecule has 0 radical (unpaired) electrons. The van der Waals surface area contributed by atoms with E-state index in [4.69, 9.17) is 0 Å². The van der Waals surface area contributed by atoms with E-state index in [1.54, 1.807) is 11.6 Å². The average Bonchev–Trinajstić information content (AvgIpc) is 2.53. The number of hydrogen-bond donors (Lipinski definition) is 1. The maximum absolute atomic E-state index is 12.8. The number of nitrogens with one attached hydrogen (secondary N) is 1. The molecule has 1 saturated heterocycles. The molecule has 2 aromatic rings. The molecule has 1 aliphatic heterocycles. The number of hydrogen-bond acceptors (Lipinski definition) is 3. The van der Waals surface area contributed by atoms with Crippen molar-refractivity contribution < 1.29 is 0 Å². The van der Waals surface area contributed by atoms with Crippen LogP contribution >= 0.6 is 17.0 Å². The van der Waals surface area contributed by atoms with Gasteiger partial charge >= 0.3 is 5.69 Å². The quantitative estimate of drug-likeness (QED) is 0.879. The zero-order valence-electron chi connectivity index (χ0n) is 13.0. The van der Waals surface area contributed by atoms with E-state index in [1.807, 2.05) is 18.2 Å². The Bertz CT molecular complexity index is 788. The van der Waals surface area contributed by atoms with Crippen LogP contribution in [-0.2, 0) is 13.5 Å². The molecular formula is C16H22BrN3O2. The zero-order chi connectivity index (χ0) is 15.0. The van der Waals surface area contributed by atoms with Gasteiger partial charge in [-0.1, -0.05) is 13.0 Å². The van der Waals surface area contributed by atoms with Gasteiger partial charge in [0, 0.05) is 13.1 Å². The maximum atomic E-state index is 12.8. The largest absolute Gasteiger partial charge is 0.331 e. The topological polar surface area (TPSA) is 56.0 Å². The summed E-state index contributed by atoms with van der Waals surface area (Å²) in [6, 6.07) is 5.79. The van der Waals surface area contributed by atoms with Crippen LogP contribution in [0.4, 0.5) is 0 Å². The lowest BCUT2D eigenvalue weighted by Gasteiger charge is -2.25. The van der Waals surface area contributed by atoms with Crippen LogP contribution in [0.15, 0.2) is 27.8 Å². The van der Waals surface area contributed by atoms with E-state index in [0.29, 0.717) is 10.9 Å². The molecule has 1 aromatic heterocycles. The van der Waals surface area contributed by atoms with E-state index in [1.165, 1.54) is 4.57 Å². The van der Waals surface area contributed by atoms with Crippen LogP contribution < -0.4 is 16.6 Å². The van der Waals surface area contributed by atoms with E-state index in [-0.39, 0.29) is 34.3 Å². The van der Waals surface area contributed by atoms with E-state index >= 15 is 0 Å². The molecule has 6 heteroatoms. The van der Waals surface area contributed by atoms with Gasteiger partial charge in [-0.15, -0.1) is 17.0 Å². The number of nitrogens with zero attached hydrogens (tertiary/aromatic N) is 2. The van der Waals surface area contributed by atoms with Gasteiger partial charge in [0.2, 0.25) is 0 Å². The summed E-state index contributed by atoms with van der Waals surface area (Å²) in [5.41, 5.74) is 1.49. The minimum Gasteiger partial charge on any atom is -0.317 e. The highest BCUT2D eigenvalue weighted by atomic mass is 79.9. The van der Waals surface area contributed by atoms with E-state index in [9.17, 15) is 9.59 Å². The van der Waals surface area contributed by atoms with Gasteiger partial charge in [-0.25, -0.2) is 4.79 Å². The lowest BCUT2D eigenvalue weighted by Crippen LogP contribution is -2.44. The molecule has 1 fully saturated rings. The molecule has 0 amide bonds. The Balaban J connectivity index is 0.00000176. The molecule has 0 spiro atoms. The molecule has 1 aromatic carbocycles. The summed E-state index contributed by atoms with van der Waals surface area (Å²) in [4.78, 5) is 25.4. The van der Waals surface area contributed by atoms with Crippen LogP contribution in [0.2, 0.25) is 0 Å². The van der Waals surface area contributed by atoms with Crippen LogP contribution in [0.5, 0.6) is 0 Å². The summed E-state index contributed by atoms with van der Waals surface area (Å²) in [7, 11) is 1.74. The highest BCUT2D eigenvalue weighted by Crippen LogP contribution is 2.17. The van der Waals surface area contributed by atoms with Crippen molar-refractivity contribution in [1.82, 2.24) is 14.5 Å². The van der Waals surface area contributed by atoms with Gasteiger partial charge in [0.1, 0.15) is 0 Å². The summed E-state index contributed by atoms with van der Waals surface area (Å²) in [5.74, 6) is 0. The highest BCUT2D eigenvalue weighted by Gasteiger charge is 2.21. The Labute approximate surface area is 139 Å². The normalized spacial score (nSPS) is 15.7. The second-order valence-corrected chi connectivity index (χ2v) is 5.70. The van der Waals surface area contributed by atoms with Crippen LogP contribution in [0.25, 0.3) is 10.9 Å². The molecule has 3 rings (SSSR count). The third-order valence-electron chi connectivity index (χ3n) is 4.45. The van der Waals surface area contributed by atoms with Crippen molar-refractivity contribution in [1.29, 1.82) is 0 Å². The van der Waals surface area contributed by atoms with Crippen molar-refractivity contribution >= 4 is 27.9 Å². The first-order chi connectivity index (χ1) is 10.1. The second kappa shape index (κ2) is 6.79. The lowest BCUT2D eigenvalue weighted by atomic mass is 10.1. The van der Waals surface area contributed by atoms with Crippen LogP contribution in [0, 0.1) is 0 Å². The van der Waals surface area contributed by atoms with Crippen LogP contribution in [0.3, 0.4) is 0 Å². The monoisotopic (exact) mass is 367 g/mol. The third kappa shape index (κ3) is 2.77. The van der Waals surface area contributed by atoms with E-state index in [0.717, 1.165) is 37.9 Å². The van der Waals surface area contributed by atoms with Gasteiger partial charge in [-0.3, -0.25) is 13.9 Å². The first-order valence-corrected chi connectivity index (χ1v) is 7.58. The van der Waals surface area contributed by atoms with Gasteiger partial charge in [0.15, 0.2) is 0 Å². The lowest BCUT2D eigenvalue weighted by molar-refractivity contribution is 0.347. The van der Waals surface area contributed by atoms with Crippen molar-refractivity contribution in [2.45, 2.75) is 32.2 Å². The van der Waals surface area contributed by atoms with Crippen molar-refractivity contribution in [2.75, 3.05) is 13.1 Å². The second-order valence-electron chi connectivity index (χ2n) is 5.70. The highest BCUT2D eigenvalue weighted by molar-refractivity contribution is 8.93. The average molecular weight is 368 g/mol. The Morgan fingerprint density at radius 3 is 2.55 bits per heavy atom. The first-order valence-electron chi connectivity index (χ1n) is 7.58. The van der Waals surface area contributed by atoms with Crippen molar-refractivity contribution in [2.24, 2.45) is 7.05 Å². The Hall–Kier alpha value is -1.40. The van der Waals surface area contributed by atoms with Crippen molar-refractivity contribution in [3.63, 3.8) is 0 Å². The maximum Gasteiger partial charge on any atom is 0.331 e. The number of halogens is 1. The molecule has 22 heavy (non-hydrogen) atoms. The summed E-state index contributed by atoms with van der Waals surface area (Å²) < 4.78 is 3.06. The van der Waals surface area contributed by atoms with E-state index in [2.05, 4.69) is 12.2 Å². The molecule has 0 saturated carbocycles. The first kappa shape index (κ1) is 17.0. The fraction of sp³-hybridized carbons (Fsp3) is 0.500. The summed E-state index contributed by atoms with van der Waals surface area (Å²) in [6.45, 7) is 3.77. The molecular weight excluding hydrogens is 346 g/mol. The predicted octanol–water partition coefficient (Wildman–Crippen LogP) is 1.77. The minimum atomic E-state index is -0.205. The fourth-order valence-electron chi connectivity index (χ4n) is 3.14. The number of piperidine rings is 1. The van der Waals surface area contributed by atoms with Crippen LogP contribution in [0.1, 0.15) is 31.4 Å². The van der Waals surface area contributed by atoms with Gasteiger partial charge < -0.3 is 5.32 Å². The predicted molar refractivity (Wildman–Crippen MR) is 94.3 cm³/mol. The van der Waals surface area contributed by atoms with Crippen molar-refractivity contribution in [3.8, 4) is 0 Å². The van der Waals surface area contributed by atoms with E-state index < -0.39 is 0 Å². The molecule has 1 aliphatic rings. The minimum absolute atomic E-state index is 0. The standard InChI is InChI=1S/C16H21N3O2.BrH/c1-3-11-4-5-14-13(10-11)15(20)19(16(21)18(14)2)12-6-8-17-9-7-12;/h4-5,10,12,17H,3,6-9H2,1-2H3;1H. The third-order valence-corrected chi connectivity index (χ3v) is 4.45. The molecule has 1 N–H and O–H groups in total. The number of rotatable bonds is 2. The van der Waals surface area contributed by atoms with Crippen molar-refractivity contribution in [3.05, 3.63) is 44.6 Å². The SMILES string of the molecule is Br.CCc1ccc2c(c1)c(=O)n(C1CCNCC1)c(=O)n2C. The molecule has 0 aliphatic carbocycles. The molecule has 0 unspecified atom stereocenters. The Morgan fingerprint density at radius 1 is 1.23 bits per heavy atom. The van der Waals surface area contributed by atoms with Gasteiger partial charge in [-0.2, -0.15) is 0 Å². The summed E-state index contributed by atoms with van der Waals surface area (Å²) >= 11 is 0. The molecule has 2 heterocycles. The smallest absolute Gasteiger partial charge is 0.317 e. The number of aryl methyl sites for hydroxylation is 2. The molecule has 0 bridgehead atoms.